The van der Waals surface area contributed by atoms with Crippen LogP contribution in [-0.4, -0.2) is 18.9 Å². The van der Waals surface area contributed by atoms with Crippen LogP contribution in [0, 0.1) is 5.41 Å². The molecule has 0 saturated carbocycles. The van der Waals surface area contributed by atoms with Crippen LogP contribution in [0.25, 0.3) is 0 Å². The first kappa shape index (κ1) is 12.9. The Hall–Kier alpha value is -1.15. The minimum Gasteiger partial charge on any atom is -0.315 e. The first-order valence-corrected chi connectivity index (χ1v) is 5.78. The average Bonchev–Trinajstić information content (AvgIpc) is 2.26. The van der Waals surface area contributed by atoms with Crippen LogP contribution in [-0.2, 0) is 11.2 Å². The third-order valence-electron chi connectivity index (χ3n) is 2.95. The van der Waals surface area contributed by atoms with Gasteiger partial charge in [-0.15, -0.1) is 0 Å². The zero-order valence-electron chi connectivity index (χ0n) is 10.4. The highest BCUT2D eigenvalue weighted by molar-refractivity contribution is 5.81. The molecule has 0 saturated heterocycles. The van der Waals surface area contributed by atoms with Gasteiger partial charge in [-0.2, -0.15) is 0 Å². The van der Waals surface area contributed by atoms with Gasteiger partial charge in [0, 0.05) is 12.0 Å². The van der Waals surface area contributed by atoms with Crippen molar-refractivity contribution >= 4 is 5.78 Å². The summed E-state index contributed by atoms with van der Waals surface area (Å²) in [7, 11) is 0. The van der Waals surface area contributed by atoms with E-state index in [0.29, 0.717) is 0 Å². The van der Waals surface area contributed by atoms with E-state index in [2.05, 4.69) is 29.6 Å². The van der Waals surface area contributed by atoms with E-state index in [0.717, 1.165) is 19.5 Å². The van der Waals surface area contributed by atoms with E-state index in [4.69, 9.17) is 0 Å². The summed E-state index contributed by atoms with van der Waals surface area (Å²) < 4.78 is 0. The lowest BCUT2D eigenvalue weighted by molar-refractivity contribution is -0.124. The van der Waals surface area contributed by atoms with Crippen LogP contribution in [0.2, 0.25) is 0 Å². The van der Waals surface area contributed by atoms with Gasteiger partial charge in [-0.3, -0.25) is 4.79 Å². The molecule has 88 valence electrons. The number of carbonyl (C=O) groups is 1. The van der Waals surface area contributed by atoms with Crippen molar-refractivity contribution in [2.24, 2.45) is 5.41 Å². The van der Waals surface area contributed by atoms with Gasteiger partial charge in [0.25, 0.3) is 0 Å². The molecule has 0 amide bonds. The lowest BCUT2D eigenvalue weighted by Gasteiger charge is -2.21. The molecule has 0 aliphatic rings. The molecule has 1 N–H and O–H groups in total. The SMILES string of the molecule is CC(=O)C(C)(C)CNCCc1ccccc1. The molecule has 0 unspecified atom stereocenters. The van der Waals surface area contributed by atoms with Crippen molar-refractivity contribution in [3.63, 3.8) is 0 Å². The molecular weight excluding hydrogens is 198 g/mol. The van der Waals surface area contributed by atoms with Crippen molar-refractivity contribution in [3.05, 3.63) is 35.9 Å². The standard InChI is InChI=1S/C14H21NO/c1-12(16)14(2,3)11-15-10-9-13-7-5-4-6-8-13/h4-8,15H,9-11H2,1-3H3. The number of rotatable bonds is 6. The molecule has 0 radical (unpaired) electrons. The molecule has 2 nitrogen and oxygen atoms in total. The average molecular weight is 219 g/mol. The third kappa shape index (κ3) is 4.15. The van der Waals surface area contributed by atoms with Gasteiger partial charge in [-0.25, -0.2) is 0 Å². The number of hydrogen-bond acceptors (Lipinski definition) is 2. The van der Waals surface area contributed by atoms with E-state index in [9.17, 15) is 4.79 Å². The van der Waals surface area contributed by atoms with Gasteiger partial charge in [0.1, 0.15) is 5.78 Å². The summed E-state index contributed by atoms with van der Waals surface area (Å²) in [5.41, 5.74) is 1.08. The maximum absolute atomic E-state index is 11.3. The van der Waals surface area contributed by atoms with Crippen LogP contribution >= 0.6 is 0 Å². The van der Waals surface area contributed by atoms with E-state index >= 15 is 0 Å². The Labute approximate surface area is 98.1 Å². The summed E-state index contributed by atoms with van der Waals surface area (Å²) in [5, 5.41) is 3.33. The molecule has 0 aromatic heterocycles. The molecule has 1 aromatic carbocycles. The highest BCUT2D eigenvalue weighted by Crippen LogP contribution is 2.14. The fourth-order valence-electron chi connectivity index (χ4n) is 1.40. The number of nitrogens with one attached hydrogen (secondary N) is 1. The topological polar surface area (TPSA) is 29.1 Å². The maximum atomic E-state index is 11.3. The van der Waals surface area contributed by atoms with Crippen molar-refractivity contribution < 1.29 is 4.79 Å². The monoisotopic (exact) mass is 219 g/mol. The summed E-state index contributed by atoms with van der Waals surface area (Å²) in [6, 6.07) is 10.4. The van der Waals surface area contributed by atoms with Crippen LogP contribution in [0.1, 0.15) is 26.3 Å². The second kappa shape index (κ2) is 5.80. The van der Waals surface area contributed by atoms with Gasteiger partial charge in [0.15, 0.2) is 0 Å². The third-order valence-corrected chi connectivity index (χ3v) is 2.95. The molecule has 16 heavy (non-hydrogen) atoms. The van der Waals surface area contributed by atoms with Crippen LogP contribution < -0.4 is 5.32 Å². The van der Waals surface area contributed by atoms with Gasteiger partial charge in [-0.1, -0.05) is 44.2 Å². The number of Topliss-reactive ketones (excluding diaryl/α,β-unsaturated/α-hetero) is 1. The lowest BCUT2D eigenvalue weighted by atomic mass is 9.89. The number of hydrogen-bond donors (Lipinski definition) is 1. The summed E-state index contributed by atoms with van der Waals surface area (Å²) >= 11 is 0. The maximum Gasteiger partial charge on any atom is 0.136 e. The minimum atomic E-state index is -0.253. The molecule has 0 aliphatic heterocycles. The van der Waals surface area contributed by atoms with Gasteiger partial charge >= 0.3 is 0 Å². The Morgan fingerprint density at radius 3 is 2.44 bits per heavy atom. The lowest BCUT2D eigenvalue weighted by Crippen LogP contribution is -2.35. The Kier molecular flexibility index (Phi) is 4.69. The number of benzene rings is 1. The molecule has 1 aromatic rings. The summed E-state index contributed by atoms with van der Waals surface area (Å²) in [4.78, 5) is 11.3. The van der Waals surface area contributed by atoms with Crippen molar-refractivity contribution in [1.82, 2.24) is 5.32 Å². The first-order chi connectivity index (χ1) is 7.52. The predicted octanol–water partition coefficient (Wildman–Crippen LogP) is 2.43. The Balaban J connectivity index is 2.25. The normalized spacial score (nSPS) is 11.4. The largest absolute Gasteiger partial charge is 0.315 e. The summed E-state index contributed by atoms with van der Waals surface area (Å²) in [5.74, 6) is 0.236. The molecule has 2 heteroatoms. The molecule has 0 bridgehead atoms. The molecule has 0 spiro atoms. The summed E-state index contributed by atoms with van der Waals surface area (Å²) in [6.07, 6.45) is 1.01. The number of carbonyl (C=O) groups excluding carboxylic acids is 1. The van der Waals surface area contributed by atoms with Crippen LogP contribution in [0.5, 0.6) is 0 Å². The zero-order valence-corrected chi connectivity index (χ0v) is 10.4. The van der Waals surface area contributed by atoms with Gasteiger partial charge in [0.05, 0.1) is 0 Å². The van der Waals surface area contributed by atoms with Crippen molar-refractivity contribution in [2.75, 3.05) is 13.1 Å². The van der Waals surface area contributed by atoms with E-state index in [1.54, 1.807) is 6.92 Å². The smallest absolute Gasteiger partial charge is 0.136 e. The van der Waals surface area contributed by atoms with E-state index < -0.39 is 0 Å². The molecule has 0 aliphatic carbocycles. The van der Waals surface area contributed by atoms with E-state index in [-0.39, 0.29) is 11.2 Å². The molecule has 0 heterocycles. The van der Waals surface area contributed by atoms with Crippen LogP contribution in [0.3, 0.4) is 0 Å². The molecule has 1 rings (SSSR count). The molecule has 0 fully saturated rings. The second-order valence-electron chi connectivity index (χ2n) is 4.85. The van der Waals surface area contributed by atoms with Gasteiger partial charge in [0.2, 0.25) is 0 Å². The van der Waals surface area contributed by atoms with Crippen LogP contribution in [0.4, 0.5) is 0 Å². The molecular formula is C14H21NO. The predicted molar refractivity (Wildman–Crippen MR) is 67.5 cm³/mol. The van der Waals surface area contributed by atoms with Crippen molar-refractivity contribution in [1.29, 1.82) is 0 Å². The first-order valence-electron chi connectivity index (χ1n) is 5.78. The molecule has 0 atom stereocenters. The Morgan fingerprint density at radius 2 is 1.88 bits per heavy atom. The fourth-order valence-corrected chi connectivity index (χ4v) is 1.40. The van der Waals surface area contributed by atoms with E-state index in [1.807, 2.05) is 19.9 Å². The highest BCUT2D eigenvalue weighted by Gasteiger charge is 2.22. The van der Waals surface area contributed by atoms with Gasteiger partial charge < -0.3 is 5.32 Å². The quantitative estimate of drug-likeness (QED) is 0.745. The zero-order chi connectivity index (χ0) is 12.0. The highest BCUT2D eigenvalue weighted by atomic mass is 16.1. The Bertz CT molecular complexity index is 330. The van der Waals surface area contributed by atoms with Crippen molar-refractivity contribution in [2.45, 2.75) is 27.2 Å². The Morgan fingerprint density at radius 1 is 1.25 bits per heavy atom. The number of ketones is 1. The van der Waals surface area contributed by atoms with Crippen molar-refractivity contribution in [3.8, 4) is 0 Å². The van der Waals surface area contributed by atoms with Gasteiger partial charge in [-0.05, 0) is 25.5 Å². The van der Waals surface area contributed by atoms with Crippen LogP contribution in [0.15, 0.2) is 30.3 Å². The fraction of sp³-hybridized carbons (Fsp3) is 0.500. The van der Waals surface area contributed by atoms with E-state index in [1.165, 1.54) is 5.56 Å². The second-order valence-corrected chi connectivity index (χ2v) is 4.85. The summed E-state index contributed by atoms with van der Waals surface area (Å²) in [6.45, 7) is 7.27. The minimum absolute atomic E-state index is 0.236.